The van der Waals surface area contributed by atoms with Crippen molar-refractivity contribution in [3.63, 3.8) is 0 Å². The van der Waals surface area contributed by atoms with Crippen LogP contribution in [0, 0.1) is 0 Å². The fourth-order valence-electron chi connectivity index (χ4n) is 1.79. The molecule has 1 aromatic rings. The molecular weight excluding hydrogens is 240 g/mol. The third-order valence-corrected chi connectivity index (χ3v) is 2.98. The van der Waals surface area contributed by atoms with Crippen LogP contribution in [0.25, 0.3) is 0 Å². The predicted octanol–water partition coefficient (Wildman–Crippen LogP) is 3.16. The van der Waals surface area contributed by atoms with Gasteiger partial charge in [-0.15, -0.1) is 0 Å². The fraction of sp³-hybridized carbons (Fsp3) is 0.625. The zero-order chi connectivity index (χ0) is 13.8. The first-order valence-electron chi connectivity index (χ1n) is 7.21. The highest BCUT2D eigenvalue weighted by molar-refractivity contribution is 5.13. The number of hydrogen-bond donors (Lipinski definition) is 1. The summed E-state index contributed by atoms with van der Waals surface area (Å²) in [4.78, 5) is 0. The Kier molecular flexibility index (Phi) is 9.33. The third kappa shape index (κ3) is 7.98. The van der Waals surface area contributed by atoms with Gasteiger partial charge in [-0.05, 0) is 12.0 Å². The van der Waals surface area contributed by atoms with E-state index in [1.54, 1.807) is 0 Å². The van der Waals surface area contributed by atoms with Gasteiger partial charge < -0.3 is 14.6 Å². The Bertz CT molecular complexity index is 300. The Labute approximate surface area is 116 Å². The number of aliphatic hydroxyl groups is 1. The molecule has 0 amide bonds. The first-order chi connectivity index (χ1) is 9.36. The van der Waals surface area contributed by atoms with Crippen molar-refractivity contribution in [2.45, 2.75) is 45.3 Å². The van der Waals surface area contributed by atoms with Crippen molar-refractivity contribution >= 4 is 0 Å². The van der Waals surface area contributed by atoms with E-state index in [9.17, 15) is 5.11 Å². The van der Waals surface area contributed by atoms with E-state index < -0.39 is 0 Å². The van der Waals surface area contributed by atoms with E-state index in [0.717, 1.165) is 18.6 Å². The Balaban J connectivity index is 2.09. The molecular formula is C16H26O3. The van der Waals surface area contributed by atoms with Gasteiger partial charge in [0.15, 0.2) is 0 Å². The van der Waals surface area contributed by atoms with E-state index in [1.165, 1.54) is 19.3 Å². The van der Waals surface area contributed by atoms with Gasteiger partial charge in [-0.3, -0.25) is 0 Å². The van der Waals surface area contributed by atoms with Crippen LogP contribution >= 0.6 is 0 Å². The second kappa shape index (κ2) is 11.0. The van der Waals surface area contributed by atoms with Crippen LogP contribution in [0.5, 0.6) is 0 Å². The van der Waals surface area contributed by atoms with Gasteiger partial charge in [0.2, 0.25) is 0 Å². The van der Waals surface area contributed by atoms with Crippen molar-refractivity contribution in [1.29, 1.82) is 0 Å². The lowest BCUT2D eigenvalue weighted by molar-refractivity contribution is -0.0502. The Morgan fingerprint density at radius 1 is 1.11 bits per heavy atom. The zero-order valence-electron chi connectivity index (χ0n) is 11.9. The molecule has 0 bridgehead atoms. The summed E-state index contributed by atoms with van der Waals surface area (Å²) in [6.45, 7) is 3.94. The number of ether oxygens (including phenoxy) is 2. The standard InChI is InChI=1S/C16H26O3/c1-2-3-4-8-11-18-14-16(12-17)19-13-15-9-6-5-7-10-15/h5-7,9-10,16-17H,2-4,8,11-14H2,1H3/t16-/m0/s1. The average molecular weight is 266 g/mol. The van der Waals surface area contributed by atoms with Crippen molar-refractivity contribution in [3.8, 4) is 0 Å². The fourth-order valence-corrected chi connectivity index (χ4v) is 1.79. The van der Waals surface area contributed by atoms with Gasteiger partial charge >= 0.3 is 0 Å². The Morgan fingerprint density at radius 2 is 1.89 bits per heavy atom. The van der Waals surface area contributed by atoms with Gasteiger partial charge in [-0.25, -0.2) is 0 Å². The van der Waals surface area contributed by atoms with Gasteiger partial charge in [-0.2, -0.15) is 0 Å². The summed E-state index contributed by atoms with van der Waals surface area (Å²) >= 11 is 0. The SMILES string of the molecule is CCCCCCOC[C@H](CO)OCc1ccccc1. The van der Waals surface area contributed by atoms with Crippen LogP contribution in [0.2, 0.25) is 0 Å². The van der Waals surface area contributed by atoms with Crippen molar-refractivity contribution in [2.75, 3.05) is 19.8 Å². The highest BCUT2D eigenvalue weighted by Crippen LogP contribution is 2.04. The van der Waals surface area contributed by atoms with Gasteiger partial charge in [0, 0.05) is 6.61 Å². The van der Waals surface area contributed by atoms with Crippen LogP contribution in [0.15, 0.2) is 30.3 Å². The second-order valence-corrected chi connectivity index (χ2v) is 4.74. The highest BCUT2D eigenvalue weighted by Gasteiger charge is 2.08. The Hall–Kier alpha value is -0.900. The molecule has 0 aromatic heterocycles. The maximum absolute atomic E-state index is 9.24. The summed E-state index contributed by atoms with van der Waals surface area (Å²) in [6.07, 6.45) is 4.57. The molecule has 108 valence electrons. The van der Waals surface area contributed by atoms with Crippen LogP contribution in [-0.4, -0.2) is 31.0 Å². The maximum Gasteiger partial charge on any atom is 0.104 e. The first kappa shape index (κ1) is 16.2. The molecule has 0 fully saturated rings. The number of hydrogen-bond acceptors (Lipinski definition) is 3. The quantitative estimate of drug-likeness (QED) is 0.625. The summed E-state index contributed by atoms with van der Waals surface area (Å²) in [5.74, 6) is 0. The number of benzene rings is 1. The molecule has 0 aliphatic heterocycles. The molecule has 0 radical (unpaired) electrons. The minimum Gasteiger partial charge on any atom is -0.394 e. The molecule has 1 aromatic carbocycles. The molecule has 0 spiro atoms. The van der Waals surface area contributed by atoms with Crippen molar-refractivity contribution in [2.24, 2.45) is 0 Å². The molecule has 3 heteroatoms. The summed E-state index contributed by atoms with van der Waals surface area (Å²) in [5.41, 5.74) is 1.11. The van der Waals surface area contributed by atoms with E-state index in [4.69, 9.17) is 9.47 Å². The predicted molar refractivity (Wildman–Crippen MR) is 77.1 cm³/mol. The molecule has 0 saturated heterocycles. The van der Waals surface area contributed by atoms with Crippen LogP contribution < -0.4 is 0 Å². The molecule has 0 heterocycles. The molecule has 1 atom stereocenters. The smallest absolute Gasteiger partial charge is 0.104 e. The van der Waals surface area contributed by atoms with E-state index in [1.807, 2.05) is 30.3 Å². The lowest BCUT2D eigenvalue weighted by atomic mass is 10.2. The summed E-state index contributed by atoms with van der Waals surface area (Å²) in [7, 11) is 0. The topological polar surface area (TPSA) is 38.7 Å². The van der Waals surface area contributed by atoms with E-state index in [0.29, 0.717) is 13.2 Å². The van der Waals surface area contributed by atoms with Crippen LogP contribution in [0.3, 0.4) is 0 Å². The maximum atomic E-state index is 9.24. The summed E-state index contributed by atoms with van der Waals surface area (Å²) < 4.78 is 11.2. The minimum atomic E-state index is -0.230. The molecule has 1 N–H and O–H groups in total. The average Bonchev–Trinajstić information content (AvgIpc) is 2.47. The monoisotopic (exact) mass is 266 g/mol. The molecule has 0 unspecified atom stereocenters. The molecule has 0 saturated carbocycles. The summed E-state index contributed by atoms with van der Waals surface area (Å²) in [5, 5.41) is 9.24. The molecule has 1 rings (SSSR count). The molecule has 3 nitrogen and oxygen atoms in total. The van der Waals surface area contributed by atoms with Gasteiger partial charge in [0.1, 0.15) is 6.10 Å². The van der Waals surface area contributed by atoms with E-state index in [2.05, 4.69) is 6.92 Å². The number of unbranched alkanes of at least 4 members (excludes halogenated alkanes) is 3. The first-order valence-corrected chi connectivity index (χ1v) is 7.21. The van der Waals surface area contributed by atoms with E-state index >= 15 is 0 Å². The zero-order valence-corrected chi connectivity index (χ0v) is 11.9. The highest BCUT2D eigenvalue weighted by atomic mass is 16.5. The lowest BCUT2D eigenvalue weighted by Gasteiger charge is -2.15. The van der Waals surface area contributed by atoms with Crippen molar-refractivity contribution in [1.82, 2.24) is 0 Å². The second-order valence-electron chi connectivity index (χ2n) is 4.74. The number of aliphatic hydroxyl groups excluding tert-OH is 1. The van der Waals surface area contributed by atoms with Crippen molar-refractivity contribution in [3.05, 3.63) is 35.9 Å². The lowest BCUT2D eigenvalue weighted by Crippen LogP contribution is -2.24. The van der Waals surface area contributed by atoms with Gasteiger partial charge in [0.25, 0.3) is 0 Å². The van der Waals surface area contributed by atoms with Crippen LogP contribution in [-0.2, 0) is 16.1 Å². The van der Waals surface area contributed by atoms with Gasteiger partial charge in [-0.1, -0.05) is 56.5 Å². The summed E-state index contributed by atoms with van der Waals surface area (Å²) in [6, 6.07) is 9.97. The number of rotatable bonds is 11. The van der Waals surface area contributed by atoms with E-state index in [-0.39, 0.29) is 12.7 Å². The van der Waals surface area contributed by atoms with Crippen LogP contribution in [0.4, 0.5) is 0 Å². The van der Waals surface area contributed by atoms with Crippen LogP contribution in [0.1, 0.15) is 38.2 Å². The molecule has 19 heavy (non-hydrogen) atoms. The van der Waals surface area contributed by atoms with Crippen molar-refractivity contribution < 1.29 is 14.6 Å². The molecule has 0 aliphatic carbocycles. The van der Waals surface area contributed by atoms with Gasteiger partial charge in [0.05, 0.1) is 19.8 Å². The Morgan fingerprint density at radius 3 is 2.58 bits per heavy atom. The largest absolute Gasteiger partial charge is 0.394 e. The third-order valence-electron chi connectivity index (χ3n) is 2.98. The normalized spacial score (nSPS) is 12.5. The molecule has 0 aliphatic rings. The minimum absolute atomic E-state index is 0.00178.